The molecule has 130 valence electrons. The van der Waals surface area contributed by atoms with Crippen LogP contribution >= 0.6 is 0 Å². The van der Waals surface area contributed by atoms with Crippen molar-refractivity contribution in [1.82, 2.24) is 14.4 Å². The number of hydrogen-bond donors (Lipinski definition) is 1. The third-order valence-electron chi connectivity index (χ3n) is 4.74. The Morgan fingerprint density at radius 2 is 1.92 bits per heavy atom. The first-order chi connectivity index (χ1) is 11.1. The quantitative estimate of drug-likeness (QED) is 0.904. The van der Waals surface area contributed by atoms with Crippen LogP contribution in [0.3, 0.4) is 0 Å². The summed E-state index contributed by atoms with van der Waals surface area (Å²) < 4.78 is 31.6. The van der Waals surface area contributed by atoms with E-state index in [4.69, 9.17) is 10.3 Å². The molecular weight excluding hydrogens is 328 g/mol. The molecule has 0 saturated heterocycles. The molecule has 2 aromatic rings. The van der Waals surface area contributed by atoms with Gasteiger partial charge in [-0.2, -0.15) is 4.98 Å². The second-order valence-electron chi connectivity index (χ2n) is 6.64. The lowest BCUT2D eigenvalue weighted by Crippen LogP contribution is -2.44. The van der Waals surface area contributed by atoms with E-state index < -0.39 is 15.6 Å². The minimum absolute atomic E-state index is 0.244. The highest BCUT2D eigenvalue weighted by molar-refractivity contribution is 7.89. The van der Waals surface area contributed by atoms with Crippen molar-refractivity contribution in [2.75, 3.05) is 14.1 Å². The summed E-state index contributed by atoms with van der Waals surface area (Å²) in [7, 11) is -0.536. The molecule has 0 aliphatic heterocycles. The van der Waals surface area contributed by atoms with Gasteiger partial charge in [0.05, 0.1) is 10.4 Å². The molecule has 0 radical (unpaired) electrons. The molecule has 1 fully saturated rings. The number of nitrogens with zero attached hydrogens (tertiary/aromatic N) is 3. The van der Waals surface area contributed by atoms with Gasteiger partial charge in [0, 0.05) is 19.7 Å². The van der Waals surface area contributed by atoms with E-state index >= 15 is 0 Å². The molecule has 0 amide bonds. The Kier molecular flexibility index (Phi) is 4.01. The maximum absolute atomic E-state index is 12.5. The molecule has 1 aliphatic rings. The molecule has 1 aliphatic carbocycles. The number of rotatable bonds is 4. The van der Waals surface area contributed by atoms with Gasteiger partial charge in [0.25, 0.3) is 5.89 Å². The minimum Gasteiger partial charge on any atom is -0.334 e. The molecule has 0 bridgehead atoms. The van der Waals surface area contributed by atoms with Crippen LogP contribution in [0.5, 0.6) is 0 Å². The van der Waals surface area contributed by atoms with Gasteiger partial charge < -0.3 is 10.3 Å². The fourth-order valence-corrected chi connectivity index (χ4v) is 3.96. The molecule has 1 saturated carbocycles. The molecule has 2 N–H and O–H groups in total. The summed E-state index contributed by atoms with van der Waals surface area (Å²) in [6, 6.07) is 3.43. The van der Waals surface area contributed by atoms with Crippen molar-refractivity contribution in [2.45, 2.75) is 43.5 Å². The van der Waals surface area contributed by atoms with Crippen molar-refractivity contribution in [1.29, 1.82) is 0 Å². The van der Waals surface area contributed by atoms with Gasteiger partial charge in [0.1, 0.15) is 0 Å². The van der Waals surface area contributed by atoms with Gasteiger partial charge in [0.2, 0.25) is 10.0 Å². The zero-order valence-corrected chi connectivity index (χ0v) is 15.1. The second kappa shape index (κ2) is 5.65. The first kappa shape index (κ1) is 17.1. The second-order valence-corrected chi connectivity index (χ2v) is 8.76. The maximum Gasteiger partial charge on any atom is 0.258 e. The van der Waals surface area contributed by atoms with Crippen LogP contribution in [0.25, 0.3) is 11.5 Å². The predicted octanol–water partition coefficient (Wildman–Crippen LogP) is 1.94. The molecule has 1 aromatic heterocycles. The number of aryl methyl sites for hydroxylation is 1. The van der Waals surface area contributed by atoms with Gasteiger partial charge in [-0.25, -0.2) is 12.7 Å². The normalized spacial score (nSPS) is 17.1. The van der Waals surface area contributed by atoms with Crippen LogP contribution in [-0.2, 0) is 15.6 Å². The fraction of sp³-hybridized carbons (Fsp3) is 0.500. The maximum atomic E-state index is 12.5. The molecular formula is C16H22N4O3S. The van der Waals surface area contributed by atoms with Crippen LogP contribution < -0.4 is 5.73 Å². The Morgan fingerprint density at radius 1 is 1.25 bits per heavy atom. The first-order valence-electron chi connectivity index (χ1n) is 7.82. The van der Waals surface area contributed by atoms with Crippen LogP contribution in [0, 0.1) is 13.8 Å². The summed E-state index contributed by atoms with van der Waals surface area (Å²) >= 11 is 0. The lowest BCUT2D eigenvalue weighted by molar-refractivity contribution is 0.229. The summed E-state index contributed by atoms with van der Waals surface area (Å²) in [4.78, 5) is 4.65. The van der Waals surface area contributed by atoms with E-state index in [1.807, 2.05) is 13.0 Å². The zero-order chi connectivity index (χ0) is 17.7. The minimum atomic E-state index is -3.56. The Balaban J connectivity index is 2.08. The molecule has 3 rings (SSSR count). The van der Waals surface area contributed by atoms with E-state index in [9.17, 15) is 8.42 Å². The Labute approximate surface area is 141 Å². The predicted molar refractivity (Wildman–Crippen MR) is 89.8 cm³/mol. The van der Waals surface area contributed by atoms with Gasteiger partial charge >= 0.3 is 0 Å². The smallest absolute Gasteiger partial charge is 0.258 e. The molecule has 0 atom stereocenters. The van der Waals surface area contributed by atoms with E-state index in [2.05, 4.69) is 10.1 Å². The highest BCUT2D eigenvalue weighted by Gasteiger charge is 2.39. The van der Waals surface area contributed by atoms with Crippen molar-refractivity contribution in [3.05, 3.63) is 29.1 Å². The Hall–Kier alpha value is -1.77. The average Bonchev–Trinajstić information content (AvgIpc) is 2.97. The monoisotopic (exact) mass is 350 g/mol. The van der Waals surface area contributed by atoms with Crippen molar-refractivity contribution in [3.63, 3.8) is 0 Å². The molecule has 24 heavy (non-hydrogen) atoms. The van der Waals surface area contributed by atoms with Gasteiger partial charge in [0.15, 0.2) is 5.82 Å². The van der Waals surface area contributed by atoms with E-state index in [-0.39, 0.29) is 4.90 Å². The lowest BCUT2D eigenvalue weighted by atomic mass is 9.77. The molecule has 7 nitrogen and oxygen atoms in total. The first-order valence-corrected chi connectivity index (χ1v) is 9.26. The molecule has 1 aromatic carbocycles. The highest BCUT2D eigenvalue weighted by Crippen LogP contribution is 2.38. The van der Waals surface area contributed by atoms with Crippen molar-refractivity contribution >= 4 is 10.0 Å². The Morgan fingerprint density at radius 3 is 2.46 bits per heavy atom. The third kappa shape index (κ3) is 2.64. The summed E-state index contributed by atoms with van der Waals surface area (Å²) in [6.45, 7) is 3.65. The van der Waals surface area contributed by atoms with E-state index in [1.54, 1.807) is 13.0 Å². The van der Waals surface area contributed by atoms with Crippen LogP contribution in [0.4, 0.5) is 0 Å². The van der Waals surface area contributed by atoms with Gasteiger partial charge in [-0.05, 0) is 56.4 Å². The van der Waals surface area contributed by atoms with Gasteiger partial charge in [-0.3, -0.25) is 0 Å². The standard InChI is InChI=1S/C16H22N4O3S/c1-10-8-12(9-13(11(10)2)24(21,22)20(3)4)14-18-15(19-23-14)16(17)6-5-7-16/h8-9H,5-7,17H2,1-4H3. The van der Waals surface area contributed by atoms with Crippen LogP contribution in [0.1, 0.15) is 36.2 Å². The molecule has 8 heteroatoms. The lowest BCUT2D eigenvalue weighted by Gasteiger charge is -2.34. The summed E-state index contributed by atoms with van der Waals surface area (Å²) in [5.74, 6) is 0.777. The van der Waals surface area contributed by atoms with Gasteiger partial charge in [-0.15, -0.1) is 0 Å². The SMILES string of the molecule is Cc1cc(-c2nc(C3(N)CCC3)no2)cc(S(=O)(=O)N(C)C)c1C. The Bertz CT molecular complexity index is 883. The van der Waals surface area contributed by atoms with Crippen LogP contribution in [0.15, 0.2) is 21.6 Å². The average molecular weight is 350 g/mol. The molecule has 0 spiro atoms. The van der Waals surface area contributed by atoms with Crippen molar-refractivity contribution in [3.8, 4) is 11.5 Å². The van der Waals surface area contributed by atoms with E-state index in [1.165, 1.54) is 18.4 Å². The number of aromatic nitrogens is 2. The van der Waals surface area contributed by atoms with Crippen LogP contribution in [0.2, 0.25) is 0 Å². The third-order valence-corrected chi connectivity index (χ3v) is 6.68. The summed E-state index contributed by atoms with van der Waals surface area (Å²) in [5, 5.41) is 3.99. The number of hydrogen-bond acceptors (Lipinski definition) is 6. The number of benzene rings is 1. The number of sulfonamides is 1. The highest BCUT2D eigenvalue weighted by atomic mass is 32.2. The van der Waals surface area contributed by atoms with Crippen molar-refractivity contribution in [2.24, 2.45) is 5.73 Å². The fourth-order valence-electron chi connectivity index (χ4n) is 2.74. The van der Waals surface area contributed by atoms with Gasteiger partial charge in [-0.1, -0.05) is 5.16 Å². The summed E-state index contributed by atoms with van der Waals surface area (Å²) in [6.07, 6.45) is 2.72. The summed E-state index contributed by atoms with van der Waals surface area (Å²) in [5.41, 5.74) is 7.85. The van der Waals surface area contributed by atoms with E-state index in [0.29, 0.717) is 22.8 Å². The van der Waals surface area contributed by atoms with E-state index in [0.717, 1.165) is 24.8 Å². The number of nitrogens with two attached hydrogens (primary N) is 1. The largest absolute Gasteiger partial charge is 0.334 e. The van der Waals surface area contributed by atoms with Crippen LogP contribution in [-0.4, -0.2) is 37.0 Å². The van der Waals surface area contributed by atoms with Crippen molar-refractivity contribution < 1.29 is 12.9 Å². The molecule has 1 heterocycles. The molecule has 0 unspecified atom stereocenters. The topological polar surface area (TPSA) is 102 Å². The zero-order valence-electron chi connectivity index (χ0n) is 14.3.